The van der Waals surface area contributed by atoms with Gasteiger partial charge in [-0.2, -0.15) is 0 Å². The van der Waals surface area contributed by atoms with Crippen molar-refractivity contribution in [1.29, 1.82) is 0 Å². The number of carbonyl (C=O) groups excluding carboxylic acids is 5. The third kappa shape index (κ3) is 8.95. The van der Waals surface area contributed by atoms with Gasteiger partial charge < -0.3 is 33.5 Å². The molecule has 1 heterocycles. The van der Waals surface area contributed by atoms with Crippen LogP contribution in [0.1, 0.15) is 60.3 Å². The number of esters is 5. The Morgan fingerprint density at radius 1 is 0.778 bits per heavy atom. The van der Waals surface area contributed by atoms with Gasteiger partial charge in [-0.05, 0) is 0 Å². The van der Waals surface area contributed by atoms with Crippen molar-refractivity contribution in [2.24, 2.45) is 0 Å². The number of ether oxygens (including phenoxy) is 6. The Bertz CT molecular complexity index is 864. The maximum Gasteiger partial charge on any atom is 0.333 e. The molecule has 5 atom stereocenters. The molecule has 0 spiro atoms. The van der Waals surface area contributed by atoms with Crippen molar-refractivity contribution in [2.75, 3.05) is 6.61 Å². The fourth-order valence-electron chi connectivity index (χ4n) is 3.12. The van der Waals surface area contributed by atoms with Crippen LogP contribution in [0.3, 0.4) is 0 Å². The second-order valence-electron chi connectivity index (χ2n) is 7.68. The van der Waals surface area contributed by atoms with Crippen LogP contribution in [0.15, 0.2) is 12.2 Å². The van der Waals surface area contributed by atoms with E-state index in [2.05, 4.69) is 0 Å². The van der Waals surface area contributed by atoms with Gasteiger partial charge in [-0.25, -0.2) is 9.59 Å². The lowest BCUT2D eigenvalue weighted by molar-refractivity contribution is -0.346. The number of carboxylic acids is 1. The van der Waals surface area contributed by atoms with Gasteiger partial charge in [0, 0.05) is 44.8 Å². The van der Waals surface area contributed by atoms with Gasteiger partial charge >= 0.3 is 35.8 Å². The van der Waals surface area contributed by atoms with Gasteiger partial charge in [0.15, 0.2) is 12.2 Å². The molecule has 1 aliphatic heterocycles. The van der Waals surface area contributed by atoms with Gasteiger partial charge in [0.2, 0.25) is 6.10 Å². The van der Waals surface area contributed by atoms with Crippen molar-refractivity contribution in [3.05, 3.63) is 12.2 Å². The molecule has 0 bridgehead atoms. The minimum atomic E-state index is -2.18. The first kappa shape index (κ1) is 30.6. The highest BCUT2D eigenvalue weighted by Crippen LogP contribution is 2.37. The summed E-state index contributed by atoms with van der Waals surface area (Å²) in [4.78, 5) is 71.7. The summed E-state index contributed by atoms with van der Waals surface area (Å²) in [7, 11) is 0. The minimum absolute atomic E-state index is 0.0172. The quantitative estimate of drug-likeness (QED) is 0.222. The molecule has 13 nitrogen and oxygen atoms in total. The number of carboxylic acid groups (broad SMARTS) is 1. The molecule has 0 amide bonds. The summed E-state index contributed by atoms with van der Waals surface area (Å²) in [6, 6.07) is 0. The van der Waals surface area contributed by atoms with Crippen molar-refractivity contribution < 1.29 is 62.3 Å². The van der Waals surface area contributed by atoms with E-state index in [9.17, 15) is 28.8 Å². The largest absolute Gasteiger partial charge is 0.478 e. The normalized spacial score (nSPS) is 25.5. The lowest BCUT2D eigenvalue weighted by Crippen LogP contribution is -2.68. The zero-order valence-electron chi connectivity index (χ0n) is 20.8. The molecule has 0 saturated carbocycles. The molecule has 13 heteroatoms. The first-order valence-corrected chi connectivity index (χ1v) is 11.5. The van der Waals surface area contributed by atoms with E-state index in [4.69, 9.17) is 33.5 Å². The Balaban J connectivity index is 3.59. The van der Waals surface area contributed by atoms with Gasteiger partial charge in [-0.3, -0.25) is 19.2 Å². The molecule has 1 N–H and O–H groups in total. The molecule has 1 fully saturated rings. The Morgan fingerprint density at radius 2 is 1.28 bits per heavy atom. The van der Waals surface area contributed by atoms with Crippen LogP contribution in [0.5, 0.6) is 0 Å². The lowest BCUT2D eigenvalue weighted by atomic mass is 9.92. The first-order chi connectivity index (χ1) is 16.9. The van der Waals surface area contributed by atoms with Gasteiger partial charge in [-0.1, -0.05) is 27.7 Å². The van der Waals surface area contributed by atoms with E-state index in [0.717, 1.165) is 0 Å². The topological polar surface area (TPSA) is 178 Å². The van der Waals surface area contributed by atoms with Crippen LogP contribution in [0, 0.1) is 0 Å². The zero-order chi connectivity index (χ0) is 27.5. The Hall–Kier alpha value is -3.48. The summed E-state index contributed by atoms with van der Waals surface area (Å²) in [5.41, 5.74) is 0. The monoisotopic (exact) mass is 516 g/mol. The summed E-state index contributed by atoms with van der Waals surface area (Å²) >= 11 is 0. The van der Waals surface area contributed by atoms with E-state index >= 15 is 0 Å². The average Bonchev–Trinajstić information content (AvgIpc) is 2.84. The Kier molecular flexibility index (Phi) is 12.0. The molecule has 202 valence electrons. The van der Waals surface area contributed by atoms with E-state index in [1.54, 1.807) is 6.92 Å². The standard InChI is InChI=1S/C23H32O13/c1-6-15(26)31-12-13-20(32-16(27)7-2)21(33-17(28)8-3)22(34-18(29)9-4)23(5,35-13)36-19(30)11-10-14(24)25/h10-11,13,20-22H,6-9,12H2,1-5H3,(H,24,25)/b11-10+/t13-,20-,21+,22+,23-/m1/s1. The number of aliphatic carboxylic acids is 1. The molecule has 1 rings (SSSR count). The second kappa shape index (κ2) is 14.2. The molecule has 0 aromatic carbocycles. The number of hydrogen-bond donors (Lipinski definition) is 1. The van der Waals surface area contributed by atoms with Crippen molar-refractivity contribution in [3.8, 4) is 0 Å². The molecule has 0 radical (unpaired) electrons. The fraction of sp³-hybridized carbons (Fsp3) is 0.652. The van der Waals surface area contributed by atoms with E-state index in [-0.39, 0.29) is 25.7 Å². The van der Waals surface area contributed by atoms with Crippen molar-refractivity contribution >= 4 is 35.8 Å². The number of hydrogen-bond acceptors (Lipinski definition) is 12. The van der Waals surface area contributed by atoms with Crippen LogP contribution in [-0.4, -0.2) is 77.7 Å². The van der Waals surface area contributed by atoms with E-state index in [0.29, 0.717) is 12.2 Å². The highest BCUT2D eigenvalue weighted by Gasteiger charge is 2.60. The van der Waals surface area contributed by atoms with Crippen LogP contribution in [-0.2, 0) is 57.2 Å². The van der Waals surface area contributed by atoms with Gasteiger partial charge in [-0.15, -0.1) is 0 Å². The van der Waals surface area contributed by atoms with Crippen LogP contribution < -0.4 is 0 Å². The third-order valence-corrected chi connectivity index (χ3v) is 4.91. The molecule has 0 aromatic rings. The number of carbonyl (C=O) groups is 6. The van der Waals surface area contributed by atoms with Crippen molar-refractivity contribution in [3.63, 3.8) is 0 Å². The molecule has 1 saturated heterocycles. The van der Waals surface area contributed by atoms with E-state index in [1.165, 1.54) is 27.7 Å². The summed E-state index contributed by atoms with van der Waals surface area (Å²) < 4.78 is 32.7. The lowest BCUT2D eigenvalue weighted by Gasteiger charge is -2.48. The highest BCUT2D eigenvalue weighted by atomic mass is 16.8. The van der Waals surface area contributed by atoms with Crippen LogP contribution in [0.2, 0.25) is 0 Å². The summed E-state index contributed by atoms with van der Waals surface area (Å²) in [6.07, 6.45) is -5.10. The molecule has 0 aliphatic carbocycles. The summed E-state index contributed by atoms with van der Waals surface area (Å²) in [5.74, 6) is -7.70. The highest BCUT2D eigenvalue weighted by molar-refractivity contribution is 5.90. The maximum absolute atomic E-state index is 12.4. The molecule has 0 aromatic heterocycles. The van der Waals surface area contributed by atoms with E-state index in [1.807, 2.05) is 0 Å². The molecule has 1 aliphatic rings. The van der Waals surface area contributed by atoms with Crippen LogP contribution >= 0.6 is 0 Å². The van der Waals surface area contributed by atoms with E-state index < -0.39 is 72.6 Å². The third-order valence-electron chi connectivity index (χ3n) is 4.91. The van der Waals surface area contributed by atoms with Crippen LogP contribution in [0.4, 0.5) is 0 Å². The van der Waals surface area contributed by atoms with Gasteiger partial charge in [0.05, 0.1) is 0 Å². The molecular weight excluding hydrogens is 484 g/mol. The molecule has 36 heavy (non-hydrogen) atoms. The average molecular weight is 516 g/mol. The minimum Gasteiger partial charge on any atom is -0.478 e. The van der Waals surface area contributed by atoms with Crippen LogP contribution in [0.25, 0.3) is 0 Å². The predicted octanol–water partition coefficient (Wildman–Crippen LogP) is 1.20. The Labute approximate surface area is 208 Å². The summed E-state index contributed by atoms with van der Waals surface area (Å²) in [5, 5.41) is 8.78. The first-order valence-electron chi connectivity index (χ1n) is 11.5. The number of rotatable bonds is 12. The fourth-order valence-corrected chi connectivity index (χ4v) is 3.12. The molecule has 0 unspecified atom stereocenters. The summed E-state index contributed by atoms with van der Waals surface area (Å²) in [6.45, 7) is 6.73. The second-order valence-corrected chi connectivity index (χ2v) is 7.68. The zero-order valence-corrected chi connectivity index (χ0v) is 20.8. The maximum atomic E-state index is 12.4. The van der Waals surface area contributed by atoms with Gasteiger partial charge in [0.1, 0.15) is 12.7 Å². The smallest absolute Gasteiger partial charge is 0.333 e. The van der Waals surface area contributed by atoms with Crippen molar-refractivity contribution in [1.82, 2.24) is 0 Å². The predicted molar refractivity (Wildman–Crippen MR) is 118 cm³/mol. The Morgan fingerprint density at radius 3 is 1.78 bits per heavy atom. The van der Waals surface area contributed by atoms with Crippen molar-refractivity contribution in [2.45, 2.75) is 90.5 Å². The molecular formula is C23H32O13. The van der Waals surface area contributed by atoms with Gasteiger partial charge in [0.25, 0.3) is 5.79 Å². The SMILES string of the molecule is CCC(=O)OC[C@H]1O[C@](C)(OC(=O)/C=C/C(=O)O)[C@@H](OC(=O)CC)[C@@H](OC(=O)CC)[C@@H]1OC(=O)CC.